The number of hydrogen-bond donors (Lipinski definition) is 13. The van der Waals surface area contributed by atoms with Gasteiger partial charge in [-0.05, 0) is 23.5 Å². The highest BCUT2D eigenvalue weighted by Gasteiger charge is 2.18. The predicted molar refractivity (Wildman–Crippen MR) is 180 cm³/mol. The average Bonchev–Trinajstić information content (AvgIpc) is 3.42. The molecule has 284 valence electrons. The van der Waals surface area contributed by atoms with Gasteiger partial charge in [-0.25, -0.2) is 0 Å². The predicted octanol–water partition coefficient (Wildman–Crippen LogP) is -1.23. The first kappa shape index (κ1) is 49.2. The van der Waals surface area contributed by atoms with Gasteiger partial charge in [0.2, 0.25) is 5.91 Å². The van der Waals surface area contributed by atoms with Gasteiger partial charge in [0.15, 0.2) is 0 Å². The molecular formula is C30H51N7O13. The largest absolute Gasteiger partial charge is 0.481 e. The van der Waals surface area contributed by atoms with Crippen molar-refractivity contribution in [3.8, 4) is 0 Å². The lowest BCUT2D eigenvalue weighted by Crippen LogP contribution is -2.36. The van der Waals surface area contributed by atoms with E-state index in [9.17, 15) is 33.6 Å². The molecule has 20 nitrogen and oxygen atoms in total. The lowest BCUT2D eigenvalue weighted by molar-refractivity contribution is -0.144. The topological polar surface area (TPSA) is 413 Å². The summed E-state index contributed by atoms with van der Waals surface area (Å²) in [5.41, 5.74) is 32.3. The number of benzene rings is 1. The van der Waals surface area contributed by atoms with Crippen molar-refractivity contribution in [1.29, 1.82) is 0 Å². The van der Waals surface area contributed by atoms with Crippen molar-refractivity contribution in [2.45, 2.75) is 83.6 Å². The maximum absolute atomic E-state index is 10.6. The van der Waals surface area contributed by atoms with Gasteiger partial charge < -0.3 is 70.0 Å². The monoisotopic (exact) mass is 717 g/mol. The van der Waals surface area contributed by atoms with Crippen LogP contribution in [0.25, 0.3) is 10.9 Å². The third-order valence-corrected chi connectivity index (χ3v) is 6.43. The van der Waals surface area contributed by atoms with Gasteiger partial charge in [-0.3, -0.25) is 33.6 Å². The van der Waals surface area contributed by atoms with Gasteiger partial charge in [-0.1, -0.05) is 52.3 Å². The molecule has 0 aliphatic carbocycles. The number of carboxylic acids is 6. The van der Waals surface area contributed by atoms with Gasteiger partial charge in [-0.15, -0.1) is 0 Å². The maximum Gasteiger partial charge on any atom is 0.321 e. The minimum Gasteiger partial charge on any atom is -0.481 e. The van der Waals surface area contributed by atoms with Crippen LogP contribution in [0.3, 0.4) is 0 Å². The minimum absolute atomic E-state index is 0.0208. The highest BCUT2D eigenvalue weighted by atomic mass is 16.4. The number of nitrogens with two attached hydrogens (primary N) is 6. The molecule has 1 aromatic carbocycles. The first-order valence-corrected chi connectivity index (χ1v) is 14.9. The van der Waals surface area contributed by atoms with E-state index in [1.54, 1.807) is 13.8 Å². The van der Waals surface area contributed by atoms with Crippen LogP contribution >= 0.6 is 0 Å². The first-order valence-electron chi connectivity index (χ1n) is 14.9. The Morgan fingerprint density at radius 3 is 1.38 bits per heavy atom. The van der Waals surface area contributed by atoms with Gasteiger partial charge >= 0.3 is 35.8 Å². The molecule has 19 N–H and O–H groups in total. The van der Waals surface area contributed by atoms with Crippen LogP contribution in [0.5, 0.6) is 0 Å². The number of aromatic amines is 1. The summed E-state index contributed by atoms with van der Waals surface area (Å²) in [5, 5.41) is 50.5. The zero-order chi connectivity index (χ0) is 39.9. The lowest BCUT2D eigenvalue weighted by atomic mass is 10.0. The van der Waals surface area contributed by atoms with E-state index in [1.165, 1.54) is 0 Å². The van der Waals surface area contributed by atoms with Gasteiger partial charge in [0.1, 0.15) is 30.2 Å². The van der Waals surface area contributed by atoms with Gasteiger partial charge in [-0.2, -0.15) is 0 Å². The number of carboxylic acid groups (broad SMARTS) is 6. The first-order chi connectivity index (χ1) is 22.9. The van der Waals surface area contributed by atoms with Crippen molar-refractivity contribution >= 4 is 52.6 Å². The molecule has 2 rings (SSSR count). The van der Waals surface area contributed by atoms with Crippen molar-refractivity contribution in [2.75, 3.05) is 0 Å². The van der Waals surface area contributed by atoms with Crippen LogP contribution in [0.2, 0.25) is 0 Å². The fourth-order valence-electron chi connectivity index (χ4n) is 2.99. The number of nitrogens with one attached hydrogen (secondary N) is 1. The number of para-hydroxylation sites is 1. The number of hydrogen-bond acceptors (Lipinski definition) is 12. The highest BCUT2D eigenvalue weighted by Crippen LogP contribution is 2.18. The smallest absolute Gasteiger partial charge is 0.321 e. The summed E-state index contributed by atoms with van der Waals surface area (Å²) in [6, 6.07) is 3.05. The van der Waals surface area contributed by atoms with E-state index in [2.05, 4.69) is 10.7 Å². The van der Waals surface area contributed by atoms with E-state index in [0.29, 0.717) is 6.42 Å². The van der Waals surface area contributed by atoms with Gasteiger partial charge in [0.25, 0.3) is 0 Å². The molecule has 50 heavy (non-hydrogen) atoms. The van der Waals surface area contributed by atoms with Crippen LogP contribution in [0.1, 0.15) is 52.5 Å². The number of primary amides is 1. The zero-order valence-corrected chi connectivity index (χ0v) is 28.3. The van der Waals surface area contributed by atoms with Gasteiger partial charge in [0, 0.05) is 23.5 Å². The SMILES string of the molecule is CC(C)[C@H](N)C(=O)O.CC[C@H](C)[C@H](N)C(=O)O.NC(=O)C[C@H](N)C(=O)O.N[C@@H](CC(=O)O)C(=O)O.N[C@@H](Cc1c[nH]c2ccccc12)C(=O)O. The van der Waals surface area contributed by atoms with Crippen LogP contribution in [-0.2, 0) is 40.0 Å². The fourth-order valence-corrected chi connectivity index (χ4v) is 2.99. The Kier molecular flexibility index (Phi) is 25.4. The Morgan fingerprint density at radius 2 is 1.10 bits per heavy atom. The highest BCUT2D eigenvalue weighted by molar-refractivity contribution is 5.84. The second-order valence-electron chi connectivity index (χ2n) is 11.0. The number of fused-ring (bicyclic) bond motifs is 1. The van der Waals surface area contributed by atoms with E-state index < -0.39 is 78.4 Å². The van der Waals surface area contributed by atoms with Crippen molar-refractivity contribution in [3.63, 3.8) is 0 Å². The number of amides is 1. The molecule has 0 fully saturated rings. The minimum atomic E-state index is -1.29. The number of carbonyl (C=O) groups is 7. The Balaban J connectivity index is -0.000000568. The fraction of sp³-hybridized carbons (Fsp3) is 0.500. The lowest BCUT2D eigenvalue weighted by Gasteiger charge is -2.11. The molecule has 0 spiro atoms. The molecule has 0 saturated heterocycles. The summed E-state index contributed by atoms with van der Waals surface area (Å²) in [6.45, 7) is 7.31. The third-order valence-electron chi connectivity index (χ3n) is 6.43. The molecule has 1 aromatic heterocycles. The number of carbonyl (C=O) groups excluding carboxylic acids is 1. The molecule has 0 saturated carbocycles. The van der Waals surface area contributed by atoms with Crippen LogP contribution in [0, 0.1) is 11.8 Å². The Labute approximate surface area is 287 Å². The summed E-state index contributed by atoms with van der Waals surface area (Å²) >= 11 is 0. The number of rotatable bonds is 14. The van der Waals surface area contributed by atoms with E-state index >= 15 is 0 Å². The van der Waals surface area contributed by atoms with Gasteiger partial charge in [0.05, 0.1) is 12.8 Å². The number of aromatic nitrogens is 1. The summed E-state index contributed by atoms with van der Waals surface area (Å²) < 4.78 is 0. The molecule has 0 bridgehead atoms. The molecule has 2 aromatic rings. The van der Waals surface area contributed by atoms with Crippen LogP contribution in [-0.4, -0.2) is 108 Å². The summed E-state index contributed by atoms with van der Waals surface area (Å²) in [6.07, 6.45) is 2.13. The maximum atomic E-state index is 10.6. The summed E-state index contributed by atoms with van der Waals surface area (Å²) in [5.74, 6) is -7.14. The van der Waals surface area contributed by atoms with Crippen molar-refractivity contribution in [3.05, 3.63) is 36.0 Å². The molecule has 0 radical (unpaired) electrons. The molecule has 0 aliphatic heterocycles. The second kappa shape index (κ2) is 25.8. The zero-order valence-electron chi connectivity index (χ0n) is 28.3. The molecule has 6 atom stereocenters. The molecule has 20 heteroatoms. The third kappa shape index (κ3) is 23.2. The summed E-state index contributed by atoms with van der Waals surface area (Å²) in [4.78, 5) is 73.4. The van der Waals surface area contributed by atoms with Crippen LogP contribution in [0.4, 0.5) is 0 Å². The molecule has 1 amide bonds. The Bertz CT molecular complexity index is 1350. The quantitative estimate of drug-likeness (QED) is 0.109. The van der Waals surface area contributed by atoms with E-state index in [-0.39, 0.29) is 18.3 Å². The van der Waals surface area contributed by atoms with Crippen molar-refractivity contribution < 1.29 is 64.2 Å². The molecule has 1 heterocycles. The van der Waals surface area contributed by atoms with Crippen molar-refractivity contribution in [2.24, 2.45) is 46.2 Å². The summed E-state index contributed by atoms with van der Waals surface area (Å²) in [7, 11) is 0. The molecule has 0 aliphatic rings. The second-order valence-corrected chi connectivity index (χ2v) is 11.0. The normalized spacial score (nSPS) is 13.6. The van der Waals surface area contributed by atoms with E-state index in [1.807, 2.05) is 44.3 Å². The molecule has 0 unspecified atom stereocenters. The Hall–Kier alpha value is -5.15. The van der Waals surface area contributed by atoms with Crippen LogP contribution in [0.15, 0.2) is 30.5 Å². The van der Waals surface area contributed by atoms with Crippen LogP contribution < -0.4 is 34.4 Å². The average molecular weight is 718 g/mol. The standard InChI is InChI=1S/C11H12N2O2.C6H13NO2.C5H11NO2.C4H8N2O3.C4H7NO4/c12-9(11(14)15)5-7-6-13-10-4-2-1-3-8(7)10;1-3-4(2)5(7)6(8)9;1-3(2)4(6)5(7)8;2*5-2(4(8)9)1-3(6)7/h1-4,6,9,13H,5,12H2,(H,14,15);4-5H,3,7H2,1-2H3,(H,8,9);3-4H,6H2,1-2H3,(H,7,8);2H,1,5H2,(H2,6,7)(H,8,9);2H,1,5H2,(H,6,7)(H,8,9)/t9-;4-,5-;4-;2*2-/m00000/s1. The molecular weight excluding hydrogens is 666 g/mol. The Morgan fingerprint density at radius 1 is 0.660 bits per heavy atom. The van der Waals surface area contributed by atoms with E-state index in [0.717, 1.165) is 22.9 Å². The van der Waals surface area contributed by atoms with E-state index in [4.69, 9.17) is 59.3 Å². The number of H-pyrrole nitrogens is 1. The number of aliphatic carboxylic acids is 6. The van der Waals surface area contributed by atoms with Crippen molar-refractivity contribution in [1.82, 2.24) is 4.98 Å².